The first-order valence-corrected chi connectivity index (χ1v) is 5.07. The second kappa shape index (κ2) is 4.11. The molecule has 0 aliphatic carbocycles. The van der Waals surface area contributed by atoms with Crippen LogP contribution in [0.15, 0.2) is 18.2 Å². The van der Waals surface area contributed by atoms with Gasteiger partial charge in [-0.15, -0.1) is 0 Å². The normalized spacial score (nSPS) is 21.7. The minimum absolute atomic E-state index is 0.146. The third kappa shape index (κ3) is 2.07. The van der Waals surface area contributed by atoms with Gasteiger partial charge in [0, 0.05) is 18.4 Å². The fourth-order valence-electron chi connectivity index (χ4n) is 1.80. The first-order valence-electron chi connectivity index (χ1n) is 5.07. The number of ether oxygens (including phenoxy) is 1. The van der Waals surface area contributed by atoms with E-state index in [1.54, 1.807) is 25.1 Å². The highest BCUT2D eigenvalue weighted by molar-refractivity contribution is 5.79. The lowest BCUT2D eigenvalue weighted by atomic mass is 9.98. The topological polar surface area (TPSA) is 26.3 Å². The quantitative estimate of drug-likeness (QED) is 0.709. The number of benzene rings is 1. The minimum atomic E-state index is -0.397. The van der Waals surface area contributed by atoms with E-state index in [2.05, 4.69) is 0 Å². The van der Waals surface area contributed by atoms with Crippen LogP contribution in [0.4, 0.5) is 4.39 Å². The van der Waals surface area contributed by atoms with Gasteiger partial charge in [-0.1, -0.05) is 18.2 Å². The maximum Gasteiger partial charge on any atom is 0.138 e. The van der Waals surface area contributed by atoms with Gasteiger partial charge in [0.1, 0.15) is 11.6 Å². The second-order valence-corrected chi connectivity index (χ2v) is 3.83. The van der Waals surface area contributed by atoms with E-state index in [1.807, 2.05) is 0 Å². The molecule has 3 heteroatoms. The van der Waals surface area contributed by atoms with Gasteiger partial charge in [0.2, 0.25) is 0 Å². The lowest BCUT2D eigenvalue weighted by molar-refractivity contribution is -0.128. The molecule has 1 aliphatic heterocycles. The largest absolute Gasteiger partial charge is 0.372 e. The molecule has 0 radical (unpaired) electrons. The van der Waals surface area contributed by atoms with Crippen molar-refractivity contribution < 1.29 is 13.9 Å². The summed E-state index contributed by atoms with van der Waals surface area (Å²) in [6.07, 6.45) is 0.343. The lowest BCUT2D eigenvalue weighted by Crippen LogP contribution is -2.20. The van der Waals surface area contributed by atoms with Crippen LogP contribution in [0.1, 0.15) is 30.1 Å². The predicted molar refractivity (Wildman–Crippen MR) is 54.1 cm³/mol. The summed E-state index contributed by atoms with van der Waals surface area (Å²) in [5.74, 6) is -0.107. The number of hydrogen-bond donors (Lipinski definition) is 0. The highest BCUT2D eigenvalue weighted by atomic mass is 19.1. The van der Waals surface area contributed by atoms with Gasteiger partial charge >= 0.3 is 0 Å². The molecule has 15 heavy (non-hydrogen) atoms. The van der Waals surface area contributed by atoms with Gasteiger partial charge in [-0.25, -0.2) is 4.39 Å². The van der Waals surface area contributed by atoms with Crippen LogP contribution in [0.5, 0.6) is 0 Å². The first-order chi connectivity index (χ1) is 7.18. The number of halogens is 1. The van der Waals surface area contributed by atoms with Crippen molar-refractivity contribution in [1.29, 1.82) is 0 Å². The lowest BCUT2D eigenvalue weighted by Gasteiger charge is -2.22. The van der Waals surface area contributed by atoms with E-state index >= 15 is 0 Å². The molecule has 80 valence electrons. The van der Waals surface area contributed by atoms with Crippen molar-refractivity contribution in [2.24, 2.45) is 0 Å². The number of hydrogen-bond acceptors (Lipinski definition) is 2. The third-order valence-electron chi connectivity index (χ3n) is 2.68. The molecular formula is C12H13FO2. The van der Waals surface area contributed by atoms with Crippen LogP contribution >= 0.6 is 0 Å². The summed E-state index contributed by atoms with van der Waals surface area (Å²) >= 11 is 0. The van der Waals surface area contributed by atoms with Gasteiger partial charge in [-0.2, -0.15) is 0 Å². The SMILES string of the molecule is Cc1cccc(C2CC(=O)CCO2)c1F. The molecule has 0 amide bonds. The molecule has 1 atom stereocenters. The number of rotatable bonds is 1. The molecule has 1 fully saturated rings. The van der Waals surface area contributed by atoms with Crippen LogP contribution in [0.25, 0.3) is 0 Å². The van der Waals surface area contributed by atoms with E-state index < -0.39 is 6.10 Å². The van der Waals surface area contributed by atoms with Gasteiger partial charge in [-0.05, 0) is 12.5 Å². The summed E-state index contributed by atoms with van der Waals surface area (Å²) in [5, 5.41) is 0. The summed E-state index contributed by atoms with van der Waals surface area (Å²) in [5.41, 5.74) is 1.09. The van der Waals surface area contributed by atoms with Crippen molar-refractivity contribution in [1.82, 2.24) is 0 Å². The monoisotopic (exact) mass is 208 g/mol. The van der Waals surface area contributed by atoms with Crippen molar-refractivity contribution in [2.45, 2.75) is 25.9 Å². The predicted octanol–water partition coefficient (Wildman–Crippen LogP) is 2.55. The summed E-state index contributed by atoms with van der Waals surface area (Å²) in [6, 6.07) is 5.19. The van der Waals surface area contributed by atoms with Gasteiger partial charge in [0.05, 0.1) is 12.7 Å². The zero-order chi connectivity index (χ0) is 10.8. The summed E-state index contributed by atoms with van der Waals surface area (Å²) < 4.78 is 19.1. The maximum absolute atomic E-state index is 13.7. The van der Waals surface area contributed by atoms with Gasteiger partial charge in [0.25, 0.3) is 0 Å². The van der Waals surface area contributed by atoms with Crippen LogP contribution in [-0.2, 0) is 9.53 Å². The average molecular weight is 208 g/mol. The molecule has 1 saturated heterocycles. The number of carbonyl (C=O) groups is 1. The Labute approximate surface area is 88.1 Å². The molecule has 1 aromatic rings. The Hall–Kier alpha value is -1.22. The Bertz CT molecular complexity index is 387. The molecule has 2 rings (SSSR count). The van der Waals surface area contributed by atoms with E-state index in [0.29, 0.717) is 30.6 Å². The van der Waals surface area contributed by atoms with Gasteiger partial charge in [0.15, 0.2) is 0 Å². The van der Waals surface area contributed by atoms with Crippen LogP contribution in [0.3, 0.4) is 0 Å². The van der Waals surface area contributed by atoms with E-state index in [9.17, 15) is 9.18 Å². The molecule has 1 unspecified atom stereocenters. The fraction of sp³-hybridized carbons (Fsp3) is 0.417. The summed E-state index contributed by atoms with van der Waals surface area (Å²) in [4.78, 5) is 11.2. The molecule has 0 spiro atoms. The second-order valence-electron chi connectivity index (χ2n) is 3.83. The van der Waals surface area contributed by atoms with E-state index in [0.717, 1.165) is 0 Å². The van der Waals surface area contributed by atoms with E-state index in [1.165, 1.54) is 0 Å². The molecule has 1 heterocycles. The van der Waals surface area contributed by atoms with Crippen molar-refractivity contribution in [3.63, 3.8) is 0 Å². The number of ketones is 1. The third-order valence-corrected chi connectivity index (χ3v) is 2.68. The van der Waals surface area contributed by atoms with Crippen molar-refractivity contribution >= 4 is 5.78 Å². The van der Waals surface area contributed by atoms with Crippen LogP contribution in [0, 0.1) is 12.7 Å². The Morgan fingerprint density at radius 2 is 2.27 bits per heavy atom. The van der Waals surface area contributed by atoms with Crippen LogP contribution < -0.4 is 0 Å². The first kappa shape index (κ1) is 10.3. The van der Waals surface area contributed by atoms with Crippen molar-refractivity contribution in [3.05, 3.63) is 35.1 Å². The van der Waals surface area contributed by atoms with E-state index in [4.69, 9.17) is 4.74 Å². The van der Waals surface area contributed by atoms with Crippen molar-refractivity contribution in [2.75, 3.05) is 6.61 Å². The summed E-state index contributed by atoms with van der Waals surface area (Å²) in [6.45, 7) is 2.11. The maximum atomic E-state index is 13.7. The van der Waals surface area contributed by atoms with E-state index in [-0.39, 0.29) is 11.6 Å². The number of aryl methyl sites for hydroxylation is 1. The Morgan fingerprint density at radius 1 is 1.47 bits per heavy atom. The molecule has 0 saturated carbocycles. The average Bonchev–Trinajstić information content (AvgIpc) is 2.22. The zero-order valence-corrected chi connectivity index (χ0v) is 8.63. The Balaban J connectivity index is 2.28. The number of carbonyl (C=O) groups excluding carboxylic acids is 1. The van der Waals surface area contributed by atoms with Crippen LogP contribution in [0.2, 0.25) is 0 Å². The standard InChI is InChI=1S/C12H13FO2/c1-8-3-2-4-10(12(8)13)11-7-9(14)5-6-15-11/h2-4,11H,5-7H2,1H3. The molecule has 1 aliphatic rings. The molecule has 0 bridgehead atoms. The summed E-state index contributed by atoms with van der Waals surface area (Å²) in [7, 11) is 0. The highest BCUT2D eigenvalue weighted by Gasteiger charge is 2.24. The zero-order valence-electron chi connectivity index (χ0n) is 8.63. The van der Waals surface area contributed by atoms with Gasteiger partial charge < -0.3 is 4.74 Å². The molecule has 1 aromatic carbocycles. The number of Topliss-reactive ketones (excluding diaryl/α,β-unsaturated/α-hetero) is 1. The van der Waals surface area contributed by atoms with Crippen molar-refractivity contribution in [3.8, 4) is 0 Å². The Morgan fingerprint density at radius 3 is 3.00 bits per heavy atom. The molecule has 0 N–H and O–H groups in total. The van der Waals surface area contributed by atoms with Gasteiger partial charge in [-0.3, -0.25) is 4.79 Å². The van der Waals surface area contributed by atoms with Crippen LogP contribution in [-0.4, -0.2) is 12.4 Å². The fourth-order valence-corrected chi connectivity index (χ4v) is 1.80. The smallest absolute Gasteiger partial charge is 0.138 e. The highest BCUT2D eigenvalue weighted by Crippen LogP contribution is 2.28. The molecule has 2 nitrogen and oxygen atoms in total. The Kier molecular flexibility index (Phi) is 2.82. The molecule has 0 aromatic heterocycles. The molecular weight excluding hydrogens is 195 g/mol. The minimum Gasteiger partial charge on any atom is -0.372 e.